The topological polar surface area (TPSA) is 12.5 Å². The summed E-state index contributed by atoms with van der Waals surface area (Å²) in [6, 6.07) is 0. The standard InChI is InChI=1S/C8H17NO.CH4/c1-8(2)7-9-3-5-10-6-4-9;/h8H,3-7H2,1-2H3;1H4. The Hall–Kier alpha value is -0.0800. The monoisotopic (exact) mass is 159 g/mol. The molecule has 68 valence electrons. The molecule has 0 bridgehead atoms. The lowest BCUT2D eigenvalue weighted by atomic mass is 10.2. The van der Waals surface area contributed by atoms with E-state index < -0.39 is 0 Å². The van der Waals surface area contributed by atoms with Crippen molar-refractivity contribution in [1.82, 2.24) is 4.90 Å². The highest BCUT2D eigenvalue weighted by molar-refractivity contribution is 4.62. The van der Waals surface area contributed by atoms with Crippen molar-refractivity contribution in [3.05, 3.63) is 0 Å². The van der Waals surface area contributed by atoms with Gasteiger partial charge in [-0.3, -0.25) is 4.90 Å². The number of hydrogen-bond donors (Lipinski definition) is 0. The minimum absolute atomic E-state index is 0. The normalized spacial score (nSPS) is 19.9. The van der Waals surface area contributed by atoms with Gasteiger partial charge in [0.25, 0.3) is 0 Å². The Kier molecular flexibility index (Phi) is 5.51. The van der Waals surface area contributed by atoms with Gasteiger partial charge in [0.05, 0.1) is 13.2 Å². The summed E-state index contributed by atoms with van der Waals surface area (Å²) < 4.78 is 5.24. The molecule has 0 aromatic rings. The third-order valence-electron chi connectivity index (χ3n) is 1.73. The van der Waals surface area contributed by atoms with E-state index in [4.69, 9.17) is 4.74 Å². The van der Waals surface area contributed by atoms with E-state index in [2.05, 4.69) is 18.7 Å². The van der Waals surface area contributed by atoms with E-state index in [1.54, 1.807) is 0 Å². The molecule has 2 nitrogen and oxygen atoms in total. The summed E-state index contributed by atoms with van der Waals surface area (Å²) in [5.74, 6) is 0.790. The molecule has 0 N–H and O–H groups in total. The Morgan fingerprint density at radius 1 is 1.27 bits per heavy atom. The maximum absolute atomic E-state index is 5.24. The van der Waals surface area contributed by atoms with Gasteiger partial charge in [-0.05, 0) is 5.92 Å². The van der Waals surface area contributed by atoms with E-state index in [1.165, 1.54) is 6.54 Å². The summed E-state index contributed by atoms with van der Waals surface area (Å²) >= 11 is 0. The van der Waals surface area contributed by atoms with Crippen LogP contribution in [0, 0.1) is 5.92 Å². The molecule has 0 aliphatic carbocycles. The van der Waals surface area contributed by atoms with Gasteiger partial charge in [-0.15, -0.1) is 0 Å². The Labute approximate surface area is 70.5 Å². The summed E-state index contributed by atoms with van der Waals surface area (Å²) in [4.78, 5) is 2.47. The maximum Gasteiger partial charge on any atom is 0.0594 e. The molecule has 1 aliphatic heterocycles. The first-order chi connectivity index (χ1) is 4.79. The van der Waals surface area contributed by atoms with Crippen LogP contribution in [0.5, 0.6) is 0 Å². The molecule has 0 radical (unpaired) electrons. The molecule has 1 rings (SSSR count). The van der Waals surface area contributed by atoms with Crippen molar-refractivity contribution in [2.24, 2.45) is 5.92 Å². The molecule has 1 saturated heterocycles. The summed E-state index contributed by atoms with van der Waals surface area (Å²) in [7, 11) is 0. The average Bonchev–Trinajstić information content (AvgIpc) is 1.88. The largest absolute Gasteiger partial charge is 0.379 e. The Morgan fingerprint density at radius 3 is 2.27 bits per heavy atom. The molecular weight excluding hydrogens is 138 g/mol. The van der Waals surface area contributed by atoms with Crippen LogP contribution < -0.4 is 0 Å². The lowest BCUT2D eigenvalue weighted by molar-refractivity contribution is 0.0329. The molecule has 0 spiro atoms. The van der Waals surface area contributed by atoms with E-state index >= 15 is 0 Å². The van der Waals surface area contributed by atoms with Crippen LogP contribution in [0.4, 0.5) is 0 Å². The van der Waals surface area contributed by atoms with Gasteiger partial charge < -0.3 is 4.74 Å². The average molecular weight is 159 g/mol. The highest BCUT2D eigenvalue weighted by atomic mass is 16.5. The van der Waals surface area contributed by atoms with E-state index in [-0.39, 0.29) is 7.43 Å². The van der Waals surface area contributed by atoms with Crippen molar-refractivity contribution in [3.8, 4) is 0 Å². The van der Waals surface area contributed by atoms with Gasteiger partial charge in [0.15, 0.2) is 0 Å². The second-order valence-corrected chi connectivity index (χ2v) is 3.31. The second-order valence-electron chi connectivity index (χ2n) is 3.31. The highest BCUT2D eigenvalue weighted by Crippen LogP contribution is 2.01. The molecule has 0 aromatic carbocycles. The Morgan fingerprint density at radius 2 is 1.82 bits per heavy atom. The zero-order valence-electron chi connectivity index (χ0n) is 6.97. The number of rotatable bonds is 2. The fraction of sp³-hybridized carbons (Fsp3) is 1.00. The van der Waals surface area contributed by atoms with Crippen molar-refractivity contribution in [2.75, 3.05) is 32.8 Å². The predicted octanol–water partition coefficient (Wildman–Crippen LogP) is 1.61. The van der Waals surface area contributed by atoms with Crippen LogP contribution >= 0.6 is 0 Å². The minimum atomic E-state index is 0. The molecule has 0 saturated carbocycles. The molecule has 11 heavy (non-hydrogen) atoms. The number of hydrogen-bond acceptors (Lipinski definition) is 2. The fourth-order valence-electron chi connectivity index (χ4n) is 1.30. The van der Waals surface area contributed by atoms with Crippen LogP contribution in [0.15, 0.2) is 0 Å². The quantitative estimate of drug-likeness (QED) is 0.607. The van der Waals surface area contributed by atoms with Gasteiger partial charge >= 0.3 is 0 Å². The van der Waals surface area contributed by atoms with Gasteiger partial charge in [0.2, 0.25) is 0 Å². The zero-order chi connectivity index (χ0) is 7.40. The Bertz CT molecular complexity index is 87.6. The lowest BCUT2D eigenvalue weighted by Crippen LogP contribution is -2.38. The SMILES string of the molecule is C.CC(C)CN1CCOCC1. The molecule has 1 heterocycles. The molecule has 0 atom stereocenters. The van der Waals surface area contributed by atoms with Crippen molar-refractivity contribution < 1.29 is 4.74 Å². The Balaban J connectivity index is 0.000001000. The first kappa shape index (κ1) is 10.9. The van der Waals surface area contributed by atoms with Crippen molar-refractivity contribution in [2.45, 2.75) is 21.3 Å². The van der Waals surface area contributed by atoms with Gasteiger partial charge in [-0.2, -0.15) is 0 Å². The number of morpholine rings is 1. The van der Waals surface area contributed by atoms with E-state index in [9.17, 15) is 0 Å². The molecule has 0 amide bonds. The van der Waals surface area contributed by atoms with Crippen LogP contribution in [-0.2, 0) is 4.74 Å². The van der Waals surface area contributed by atoms with Crippen LogP contribution in [0.3, 0.4) is 0 Å². The van der Waals surface area contributed by atoms with Crippen LogP contribution in [-0.4, -0.2) is 37.7 Å². The van der Waals surface area contributed by atoms with E-state index in [0.717, 1.165) is 32.2 Å². The first-order valence-electron chi connectivity index (χ1n) is 4.09. The second kappa shape index (κ2) is 5.56. The maximum atomic E-state index is 5.24. The lowest BCUT2D eigenvalue weighted by Gasteiger charge is -2.27. The van der Waals surface area contributed by atoms with Gasteiger partial charge in [-0.25, -0.2) is 0 Å². The molecule has 1 fully saturated rings. The fourth-order valence-corrected chi connectivity index (χ4v) is 1.30. The summed E-state index contributed by atoms with van der Waals surface area (Å²) in [6.07, 6.45) is 0. The predicted molar refractivity (Wildman–Crippen MR) is 48.8 cm³/mol. The number of ether oxygens (including phenoxy) is 1. The molecule has 0 unspecified atom stereocenters. The third-order valence-corrected chi connectivity index (χ3v) is 1.73. The smallest absolute Gasteiger partial charge is 0.0594 e. The molecule has 2 heteroatoms. The first-order valence-corrected chi connectivity index (χ1v) is 4.09. The zero-order valence-corrected chi connectivity index (χ0v) is 6.97. The van der Waals surface area contributed by atoms with Crippen LogP contribution in [0.1, 0.15) is 21.3 Å². The molecule has 1 aliphatic rings. The van der Waals surface area contributed by atoms with Crippen LogP contribution in [0.25, 0.3) is 0 Å². The van der Waals surface area contributed by atoms with E-state index in [0.29, 0.717) is 0 Å². The number of nitrogens with zero attached hydrogens (tertiary/aromatic N) is 1. The molecule has 0 aromatic heterocycles. The van der Waals surface area contributed by atoms with Gasteiger partial charge in [0.1, 0.15) is 0 Å². The summed E-state index contributed by atoms with van der Waals surface area (Å²) in [5.41, 5.74) is 0. The summed E-state index contributed by atoms with van der Waals surface area (Å²) in [5, 5.41) is 0. The highest BCUT2D eigenvalue weighted by Gasteiger charge is 2.10. The van der Waals surface area contributed by atoms with Crippen molar-refractivity contribution >= 4 is 0 Å². The van der Waals surface area contributed by atoms with Crippen LogP contribution in [0.2, 0.25) is 0 Å². The summed E-state index contributed by atoms with van der Waals surface area (Å²) in [6.45, 7) is 9.84. The van der Waals surface area contributed by atoms with Crippen molar-refractivity contribution in [1.29, 1.82) is 0 Å². The minimum Gasteiger partial charge on any atom is -0.379 e. The third kappa shape index (κ3) is 4.38. The van der Waals surface area contributed by atoms with Crippen molar-refractivity contribution in [3.63, 3.8) is 0 Å². The van der Waals surface area contributed by atoms with E-state index in [1.807, 2.05) is 0 Å². The molecular formula is C9H21NO. The van der Waals surface area contributed by atoms with Gasteiger partial charge in [-0.1, -0.05) is 21.3 Å². The van der Waals surface area contributed by atoms with Gasteiger partial charge in [0, 0.05) is 19.6 Å².